The van der Waals surface area contributed by atoms with Gasteiger partial charge in [-0.1, -0.05) is 30.3 Å². The van der Waals surface area contributed by atoms with Crippen molar-refractivity contribution in [2.45, 2.75) is 38.6 Å². The Bertz CT molecular complexity index is 1020. The van der Waals surface area contributed by atoms with Crippen molar-refractivity contribution in [2.24, 2.45) is 0 Å². The molecule has 1 heterocycles. The SMILES string of the molecule is CCOc1ccccc1NC(=O)CN1C(=O)N[C@](C)(c2ccc3c(c2)CCC3)C1=O. The minimum absolute atomic E-state index is 0.369. The number of nitrogens with one attached hydrogen (secondary N) is 2. The molecule has 7 nitrogen and oxygen atoms in total. The van der Waals surface area contributed by atoms with Gasteiger partial charge in [-0.2, -0.15) is 0 Å². The van der Waals surface area contributed by atoms with Gasteiger partial charge in [-0.05, 0) is 61.9 Å². The van der Waals surface area contributed by atoms with E-state index in [4.69, 9.17) is 4.74 Å². The number of rotatable bonds is 6. The normalized spacial score (nSPS) is 20.1. The van der Waals surface area contributed by atoms with Crippen LogP contribution in [0.4, 0.5) is 10.5 Å². The van der Waals surface area contributed by atoms with Crippen LogP contribution in [0.15, 0.2) is 42.5 Å². The van der Waals surface area contributed by atoms with Crippen LogP contribution in [0.25, 0.3) is 0 Å². The molecule has 30 heavy (non-hydrogen) atoms. The van der Waals surface area contributed by atoms with Gasteiger partial charge in [-0.25, -0.2) is 4.79 Å². The molecule has 4 rings (SSSR count). The van der Waals surface area contributed by atoms with E-state index >= 15 is 0 Å². The number of carbonyl (C=O) groups is 3. The van der Waals surface area contributed by atoms with E-state index in [1.165, 1.54) is 11.1 Å². The zero-order valence-electron chi connectivity index (χ0n) is 17.2. The maximum Gasteiger partial charge on any atom is 0.325 e. The summed E-state index contributed by atoms with van der Waals surface area (Å²) in [5, 5.41) is 5.50. The molecule has 7 heteroatoms. The molecule has 0 bridgehead atoms. The third-order valence-electron chi connectivity index (χ3n) is 5.71. The van der Waals surface area contributed by atoms with Crippen LogP contribution in [0.5, 0.6) is 5.75 Å². The first-order chi connectivity index (χ1) is 14.4. The van der Waals surface area contributed by atoms with Crippen molar-refractivity contribution in [1.29, 1.82) is 0 Å². The van der Waals surface area contributed by atoms with Crippen LogP contribution in [0, 0.1) is 0 Å². The molecule has 2 aliphatic rings. The molecule has 0 aromatic heterocycles. The molecule has 1 saturated heterocycles. The van der Waals surface area contributed by atoms with Crippen molar-refractivity contribution in [3.63, 3.8) is 0 Å². The highest BCUT2D eigenvalue weighted by Crippen LogP contribution is 2.32. The zero-order chi connectivity index (χ0) is 21.3. The zero-order valence-corrected chi connectivity index (χ0v) is 17.2. The molecular weight excluding hydrogens is 382 g/mol. The van der Waals surface area contributed by atoms with Crippen molar-refractivity contribution in [1.82, 2.24) is 10.2 Å². The highest BCUT2D eigenvalue weighted by atomic mass is 16.5. The van der Waals surface area contributed by atoms with Gasteiger partial charge in [0.15, 0.2) is 0 Å². The monoisotopic (exact) mass is 407 g/mol. The largest absolute Gasteiger partial charge is 0.492 e. The molecule has 0 radical (unpaired) electrons. The summed E-state index contributed by atoms with van der Waals surface area (Å²) in [6.07, 6.45) is 3.13. The average molecular weight is 407 g/mol. The van der Waals surface area contributed by atoms with Crippen molar-refractivity contribution in [3.05, 3.63) is 59.2 Å². The summed E-state index contributed by atoms with van der Waals surface area (Å²) >= 11 is 0. The lowest BCUT2D eigenvalue weighted by molar-refractivity contribution is -0.133. The molecule has 4 amide bonds. The number of nitrogens with zero attached hydrogens (tertiary/aromatic N) is 1. The second-order valence-corrected chi connectivity index (χ2v) is 7.76. The number of fused-ring (bicyclic) bond motifs is 1. The minimum Gasteiger partial charge on any atom is -0.492 e. The quantitative estimate of drug-likeness (QED) is 0.721. The predicted octanol–water partition coefficient (Wildman–Crippen LogP) is 2.98. The van der Waals surface area contributed by atoms with E-state index in [1.807, 2.05) is 25.1 Å². The molecule has 1 aliphatic heterocycles. The lowest BCUT2D eigenvalue weighted by Gasteiger charge is -2.23. The Hall–Kier alpha value is -3.35. The summed E-state index contributed by atoms with van der Waals surface area (Å²) < 4.78 is 5.50. The van der Waals surface area contributed by atoms with Crippen LogP contribution < -0.4 is 15.4 Å². The minimum atomic E-state index is -1.18. The number of benzene rings is 2. The first-order valence-electron chi connectivity index (χ1n) is 10.2. The Kier molecular flexibility index (Phi) is 5.20. The van der Waals surface area contributed by atoms with E-state index in [-0.39, 0.29) is 6.54 Å². The third-order valence-corrected chi connectivity index (χ3v) is 5.71. The van der Waals surface area contributed by atoms with E-state index in [0.29, 0.717) is 18.0 Å². The predicted molar refractivity (Wildman–Crippen MR) is 112 cm³/mol. The summed E-state index contributed by atoms with van der Waals surface area (Å²) in [5.74, 6) is -0.365. The van der Waals surface area contributed by atoms with Crippen LogP contribution in [-0.4, -0.2) is 35.9 Å². The van der Waals surface area contributed by atoms with Gasteiger partial charge in [0.05, 0.1) is 12.3 Å². The summed E-state index contributed by atoms with van der Waals surface area (Å²) in [7, 11) is 0. The van der Waals surface area contributed by atoms with Crippen LogP contribution in [-0.2, 0) is 28.0 Å². The number of hydrogen-bond donors (Lipinski definition) is 2. The number of hydrogen-bond acceptors (Lipinski definition) is 4. The Morgan fingerprint density at radius 1 is 1.17 bits per heavy atom. The fourth-order valence-electron chi connectivity index (χ4n) is 4.10. The average Bonchev–Trinajstić information content (AvgIpc) is 3.28. The smallest absolute Gasteiger partial charge is 0.325 e. The van der Waals surface area contributed by atoms with Crippen LogP contribution in [0.1, 0.15) is 37.0 Å². The van der Waals surface area contributed by atoms with Gasteiger partial charge < -0.3 is 15.4 Å². The van der Waals surface area contributed by atoms with E-state index < -0.39 is 23.4 Å². The molecule has 0 unspecified atom stereocenters. The second-order valence-electron chi connectivity index (χ2n) is 7.76. The first kappa shape index (κ1) is 19.9. The standard InChI is InChI=1S/C23H25N3O4/c1-3-30-19-10-5-4-9-18(19)24-20(27)14-26-21(28)23(2,25-22(26)29)17-12-11-15-7-6-8-16(15)13-17/h4-5,9-13H,3,6-8,14H2,1-2H3,(H,24,27)(H,25,29)/t23-/m1/s1. The number of carbonyl (C=O) groups excluding carboxylic acids is 3. The molecule has 1 aliphatic carbocycles. The van der Waals surface area contributed by atoms with Crippen molar-refractivity contribution in [3.8, 4) is 5.75 Å². The van der Waals surface area contributed by atoms with Gasteiger partial charge in [0.1, 0.15) is 17.8 Å². The molecule has 2 N–H and O–H groups in total. The number of urea groups is 1. The highest BCUT2D eigenvalue weighted by Gasteiger charge is 2.49. The Balaban J connectivity index is 1.50. The third kappa shape index (κ3) is 3.51. The molecule has 156 valence electrons. The molecule has 1 fully saturated rings. The number of ether oxygens (including phenoxy) is 1. The van der Waals surface area contributed by atoms with Gasteiger partial charge in [0.25, 0.3) is 5.91 Å². The molecule has 1 atom stereocenters. The Morgan fingerprint density at radius 2 is 1.93 bits per heavy atom. The number of para-hydroxylation sites is 2. The summed E-state index contributed by atoms with van der Waals surface area (Å²) in [5.41, 5.74) is 2.57. The lowest BCUT2D eigenvalue weighted by Crippen LogP contribution is -2.42. The first-order valence-corrected chi connectivity index (χ1v) is 10.2. The fraction of sp³-hybridized carbons (Fsp3) is 0.348. The molecule has 2 aromatic carbocycles. The molecule has 2 aromatic rings. The molecular formula is C23H25N3O4. The highest BCUT2D eigenvalue weighted by molar-refractivity contribution is 6.10. The molecule has 0 spiro atoms. The van der Waals surface area contributed by atoms with Gasteiger partial charge >= 0.3 is 6.03 Å². The topological polar surface area (TPSA) is 87.7 Å². The van der Waals surface area contributed by atoms with E-state index in [2.05, 4.69) is 10.6 Å². The van der Waals surface area contributed by atoms with Crippen molar-refractivity contribution in [2.75, 3.05) is 18.5 Å². The summed E-state index contributed by atoms with van der Waals surface area (Å²) in [6.45, 7) is 3.63. The van der Waals surface area contributed by atoms with Crippen molar-refractivity contribution >= 4 is 23.5 Å². The van der Waals surface area contributed by atoms with Crippen LogP contribution in [0.3, 0.4) is 0 Å². The van der Waals surface area contributed by atoms with Gasteiger partial charge in [-0.15, -0.1) is 0 Å². The van der Waals surface area contributed by atoms with Crippen LogP contribution in [0.2, 0.25) is 0 Å². The van der Waals surface area contributed by atoms with Crippen molar-refractivity contribution < 1.29 is 19.1 Å². The Morgan fingerprint density at radius 3 is 2.73 bits per heavy atom. The maximum atomic E-state index is 13.1. The number of anilines is 1. The van der Waals surface area contributed by atoms with E-state index in [1.54, 1.807) is 31.2 Å². The fourth-order valence-corrected chi connectivity index (χ4v) is 4.10. The van der Waals surface area contributed by atoms with Gasteiger partial charge in [-0.3, -0.25) is 14.5 Å². The number of amides is 4. The van der Waals surface area contributed by atoms with Gasteiger partial charge in [0.2, 0.25) is 5.91 Å². The van der Waals surface area contributed by atoms with Crippen LogP contribution >= 0.6 is 0 Å². The summed E-state index contributed by atoms with van der Waals surface area (Å²) in [4.78, 5) is 39.2. The summed E-state index contributed by atoms with van der Waals surface area (Å²) in [6, 6.07) is 12.4. The molecule has 0 saturated carbocycles. The second kappa shape index (κ2) is 7.82. The van der Waals surface area contributed by atoms with Gasteiger partial charge in [0, 0.05) is 0 Å². The lowest BCUT2D eigenvalue weighted by atomic mass is 9.89. The van der Waals surface area contributed by atoms with E-state index in [9.17, 15) is 14.4 Å². The Labute approximate surface area is 175 Å². The maximum absolute atomic E-state index is 13.1. The number of imide groups is 1. The number of aryl methyl sites for hydroxylation is 2. The van der Waals surface area contributed by atoms with E-state index in [0.717, 1.165) is 29.7 Å².